The quantitative estimate of drug-likeness (QED) is 0.414. The molecule has 1 aliphatic heterocycles. The highest BCUT2D eigenvalue weighted by atomic mass is 32.2. The smallest absolute Gasteiger partial charge is 0.338 e. The van der Waals surface area contributed by atoms with Crippen molar-refractivity contribution in [2.45, 2.75) is 43.7 Å². The molecule has 1 saturated carbocycles. The summed E-state index contributed by atoms with van der Waals surface area (Å²) in [5, 5.41) is 15.1. The lowest BCUT2D eigenvalue weighted by molar-refractivity contribution is -0.125. The first kappa shape index (κ1) is 24.0. The molecule has 1 saturated heterocycles. The summed E-state index contributed by atoms with van der Waals surface area (Å²) < 4.78 is 4.95. The zero-order valence-electron chi connectivity index (χ0n) is 19.2. The van der Waals surface area contributed by atoms with Gasteiger partial charge in [-0.25, -0.2) is 4.79 Å². The molecule has 2 heterocycles. The second kappa shape index (κ2) is 11.3. The number of hydrogen-bond donors (Lipinski definition) is 2. The lowest BCUT2D eigenvalue weighted by Crippen LogP contribution is -2.44. The lowest BCUT2D eigenvalue weighted by atomic mass is 9.97. The van der Waals surface area contributed by atoms with Gasteiger partial charge in [0.2, 0.25) is 11.8 Å². The maximum Gasteiger partial charge on any atom is 0.338 e. The Morgan fingerprint density at radius 1 is 1.09 bits per heavy atom. The molecule has 0 spiro atoms. The van der Waals surface area contributed by atoms with Crippen molar-refractivity contribution in [3.05, 3.63) is 42.0 Å². The second-order valence-electron chi connectivity index (χ2n) is 8.43. The molecule has 0 radical (unpaired) electrons. The minimum atomic E-state index is -0.389. The number of esters is 1. The molecule has 4 rings (SSSR count). The number of nitrogens with zero attached hydrogens (tertiary/aromatic N) is 3. The monoisotopic (exact) mass is 483 g/mol. The molecule has 0 unspecified atom stereocenters. The summed E-state index contributed by atoms with van der Waals surface area (Å²) in [7, 11) is 0. The van der Waals surface area contributed by atoms with Gasteiger partial charge in [0, 0.05) is 24.8 Å². The van der Waals surface area contributed by atoms with Crippen LogP contribution in [0.4, 0.5) is 11.5 Å². The van der Waals surface area contributed by atoms with Gasteiger partial charge in [-0.3, -0.25) is 9.59 Å². The first-order valence-corrected chi connectivity index (χ1v) is 12.6. The highest BCUT2D eigenvalue weighted by Gasteiger charge is 2.31. The van der Waals surface area contributed by atoms with Crippen molar-refractivity contribution < 1.29 is 19.1 Å². The number of aromatic nitrogens is 2. The minimum absolute atomic E-state index is 0.0137. The number of carbonyl (C=O) groups is 3. The van der Waals surface area contributed by atoms with E-state index in [1.54, 1.807) is 31.2 Å². The van der Waals surface area contributed by atoms with Crippen LogP contribution in [0.15, 0.2) is 41.4 Å². The van der Waals surface area contributed by atoms with Gasteiger partial charge in [-0.2, -0.15) is 0 Å². The summed E-state index contributed by atoms with van der Waals surface area (Å²) in [4.78, 5) is 38.5. The Hall–Kier alpha value is -3.14. The number of piperidine rings is 1. The van der Waals surface area contributed by atoms with Crippen molar-refractivity contribution in [3.63, 3.8) is 0 Å². The van der Waals surface area contributed by atoms with Gasteiger partial charge >= 0.3 is 5.97 Å². The third-order valence-electron chi connectivity index (χ3n) is 5.70. The molecular formula is C24H29N5O4S. The molecular weight excluding hydrogens is 454 g/mol. The predicted octanol–water partition coefficient (Wildman–Crippen LogP) is 2.88. The van der Waals surface area contributed by atoms with Crippen molar-refractivity contribution in [2.24, 2.45) is 5.92 Å². The number of benzene rings is 1. The molecule has 1 atom stereocenters. The fraction of sp³-hybridized carbons (Fsp3) is 0.458. The van der Waals surface area contributed by atoms with Gasteiger partial charge in [0.05, 0.1) is 23.8 Å². The average Bonchev–Trinajstić information content (AvgIpc) is 3.68. The third-order valence-corrected chi connectivity index (χ3v) is 6.62. The molecule has 2 amide bonds. The molecule has 9 nitrogen and oxygen atoms in total. The van der Waals surface area contributed by atoms with Gasteiger partial charge < -0.3 is 20.3 Å². The summed E-state index contributed by atoms with van der Waals surface area (Å²) in [6.45, 7) is 3.57. The van der Waals surface area contributed by atoms with Crippen LogP contribution in [-0.4, -0.2) is 59.5 Å². The number of amides is 2. The Kier molecular flexibility index (Phi) is 7.99. The van der Waals surface area contributed by atoms with Crippen LogP contribution in [0.5, 0.6) is 0 Å². The van der Waals surface area contributed by atoms with E-state index in [1.807, 2.05) is 12.1 Å². The number of nitrogens with one attached hydrogen (secondary N) is 2. The van der Waals surface area contributed by atoms with Gasteiger partial charge in [-0.05, 0) is 69.0 Å². The normalized spacial score (nSPS) is 17.7. The Bertz CT molecular complexity index is 1010. The van der Waals surface area contributed by atoms with Crippen LogP contribution in [0.2, 0.25) is 0 Å². The van der Waals surface area contributed by atoms with Crippen LogP contribution in [-0.2, 0) is 14.3 Å². The molecule has 2 N–H and O–H groups in total. The SMILES string of the molecule is CCOC(=O)c1ccc(NC(=O)CSc2ccc(N3CCC[C@H](C(=O)NC4CC4)C3)nn2)cc1. The van der Waals surface area contributed by atoms with Crippen LogP contribution in [0.3, 0.4) is 0 Å². The van der Waals surface area contributed by atoms with Crippen molar-refractivity contribution in [1.29, 1.82) is 0 Å². The molecule has 10 heteroatoms. The standard InChI is InChI=1S/C24H29N5O4S/c1-2-33-24(32)16-5-7-18(8-6-16)25-21(30)15-34-22-12-11-20(27-28-22)29-13-3-4-17(14-29)23(31)26-19-9-10-19/h5-8,11-12,17,19H,2-4,9-10,13-15H2,1H3,(H,25,30)(H,26,31)/t17-/m0/s1. The van der Waals surface area contributed by atoms with E-state index in [4.69, 9.17) is 4.74 Å². The first-order valence-electron chi connectivity index (χ1n) is 11.6. The molecule has 1 aromatic heterocycles. The largest absolute Gasteiger partial charge is 0.462 e. The number of rotatable bonds is 9. The maximum atomic E-state index is 12.4. The number of ether oxygens (including phenoxy) is 1. The van der Waals surface area contributed by atoms with Gasteiger partial charge in [0.25, 0.3) is 0 Å². The Morgan fingerprint density at radius 3 is 2.56 bits per heavy atom. The molecule has 2 aliphatic rings. The Balaban J connectivity index is 1.23. The van der Waals surface area contributed by atoms with E-state index in [0.717, 1.165) is 38.0 Å². The summed E-state index contributed by atoms with van der Waals surface area (Å²) in [6, 6.07) is 10.7. The zero-order chi connectivity index (χ0) is 23.9. The molecule has 1 aliphatic carbocycles. The molecule has 0 bridgehead atoms. The fourth-order valence-corrected chi connectivity index (χ4v) is 4.36. The van der Waals surface area contributed by atoms with Crippen molar-refractivity contribution >= 4 is 41.1 Å². The summed E-state index contributed by atoms with van der Waals surface area (Å²) in [5.41, 5.74) is 1.04. The summed E-state index contributed by atoms with van der Waals surface area (Å²) >= 11 is 1.29. The predicted molar refractivity (Wildman–Crippen MR) is 130 cm³/mol. The van der Waals surface area contributed by atoms with E-state index in [0.29, 0.717) is 35.5 Å². The minimum Gasteiger partial charge on any atom is -0.462 e. The van der Waals surface area contributed by atoms with Crippen LogP contribution in [0, 0.1) is 5.92 Å². The molecule has 34 heavy (non-hydrogen) atoms. The van der Waals surface area contributed by atoms with Crippen LogP contribution in [0.25, 0.3) is 0 Å². The molecule has 180 valence electrons. The summed E-state index contributed by atoms with van der Waals surface area (Å²) in [5.74, 6) is 0.495. The third kappa shape index (κ3) is 6.69. The maximum absolute atomic E-state index is 12.4. The van der Waals surface area contributed by atoms with E-state index in [-0.39, 0.29) is 29.5 Å². The number of hydrogen-bond acceptors (Lipinski definition) is 8. The fourth-order valence-electron chi connectivity index (χ4n) is 3.75. The molecule has 2 fully saturated rings. The van der Waals surface area contributed by atoms with Crippen molar-refractivity contribution in [2.75, 3.05) is 35.7 Å². The Morgan fingerprint density at radius 2 is 1.88 bits per heavy atom. The van der Waals surface area contributed by atoms with E-state index < -0.39 is 0 Å². The van der Waals surface area contributed by atoms with Crippen LogP contribution in [0.1, 0.15) is 43.0 Å². The van der Waals surface area contributed by atoms with Gasteiger partial charge in [-0.15, -0.1) is 10.2 Å². The number of carbonyl (C=O) groups excluding carboxylic acids is 3. The second-order valence-corrected chi connectivity index (χ2v) is 9.43. The van der Waals surface area contributed by atoms with E-state index >= 15 is 0 Å². The number of anilines is 2. The highest BCUT2D eigenvalue weighted by Crippen LogP contribution is 2.25. The highest BCUT2D eigenvalue weighted by molar-refractivity contribution is 7.99. The molecule has 1 aromatic carbocycles. The topological polar surface area (TPSA) is 114 Å². The zero-order valence-corrected chi connectivity index (χ0v) is 20.0. The lowest BCUT2D eigenvalue weighted by Gasteiger charge is -2.32. The van der Waals surface area contributed by atoms with E-state index in [1.165, 1.54) is 11.8 Å². The average molecular weight is 484 g/mol. The number of thioether (sulfide) groups is 1. The van der Waals surface area contributed by atoms with Gasteiger partial charge in [0.1, 0.15) is 5.03 Å². The van der Waals surface area contributed by atoms with Crippen LogP contribution < -0.4 is 15.5 Å². The molecule has 2 aromatic rings. The van der Waals surface area contributed by atoms with Gasteiger partial charge in [-0.1, -0.05) is 11.8 Å². The summed E-state index contributed by atoms with van der Waals surface area (Å²) in [6.07, 6.45) is 4.03. The van der Waals surface area contributed by atoms with Crippen molar-refractivity contribution in [1.82, 2.24) is 15.5 Å². The van der Waals surface area contributed by atoms with Crippen molar-refractivity contribution in [3.8, 4) is 0 Å². The van der Waals surface area contributed by atoms with E-state index in [9.17, 15) is 14.4 Å². The first-order chi connectivity index (χ1) is 16.5. The van der Waals surface area contributed by atoms with E-state index in [2.05, 4.69) is 25.7 Å². The Labute approximate surface area is 203 Å². The van der Waals surface area contributed by atoms with Crippen LogP contribution >= 0.6 is 11.8 Å². The van der Waals surface area contributed by atoms with Gasteiger partial charge in [0.15, 0.2) is 5.82 Å².